The van der Waals surface area contributed by atoms with Gasteiger partial charge in [-0.3, -0.25) is 4.79 Å². The number of nitrogens with zero attached hydrogens (tertiary/aromatic N) is 1. The molecule has 0 fully saturated rings. The summed E-state index contributed by atoms with van der Waals surface area (Å²) in [5.74, 6) is 0.450. The highest BCUT2D eigenvalue weighted by Gasteiger charge is 2.25. The highest BCUT2D eigenvalue weighted by atomic mass is 35.5. The van der Waals surface area contributed by atoms with E-state index in [1.807, 2.05) is 4.90 Å². The van der Waals surface area contributed by atoms with Crippen molar-refractivity contribution in [2.45, 2.75) is 27.2 Å². The number of ether oxygens (including phenoxy) is 1. The van der Waals surface area contributed by atoms with Gasteiger partial charge in [0.25, 0.3) is 5.91 Å². The van der Waals surface area contributed by atoms with Crippen molar-refractivity contribution in [2.75, 3.05) is 26.7 Å². The number of carbonyl (C=O) groups excluding carboxylic acids is 1. The molecule has 1 rings (SSSR count). The van der Waals surface area contributed by atoms with Crippen LogP contribution in [0.1, 0.15) is 37.6 Å². The topological polar surface area (TPSA) is 55.6 Å². The number of benzene rings is 1. The first-order chi connectivity index (χ1) is 9.84. The molecule has 0 aliphatic carbocycles. The Kier molecular flexibility index (Phi) is 6.49. The molecule has 0 atom stereocenters. The van der Waals surface area contributed by atoms with E-state index in [1.54, 1.807) is 18.2 Å². The lowest BCUT2D eigenvalue weighted by molar-refractivity contribution is 0.0686. The first kappa shape index (κ1) is 17.8. The number of nitrogens with two attached hydrogens (primary N) is 1. The molecule has 0 saturated heterocycles. The zero-order valence-electron chi connectivity index (χ0n) is 13.3. The Morgan fingerprint density at radius 2 is 2.10 bits per heavy atom. The third kappa shape index (κ3) is 4.90. The minimum atomic E-state index is -0.121. The summed E-state index contributed by atoms with van der Waals surface area (Å²) in [5.41, 5.74) is 6.20. The molecule has 0 saturated carbocycles. The summed E-state index contributed by atoms with van der Waals surface area (Å²) in [7, 11) is 1.54. The van der Waals surface area contributed by atoms with E-state index in [0.29, 0.717) is 36.0 Å². The molecule has 0 aliphatic rings. The van der Waals surface area contributed by atoms with Gasteiger partial charge >= 0.3 is 0 Å². The fraction of sp³-hybridized carbons (Fsp3) is 0.562. The predicted molar refractivity (Wildman–Crippen MR) is 87.0 cm³/mol. The van der Waals surface area contributed by atoms with E-state index < -0.39 is 0 Å². The maximum absolute atomic E-state index is 12.8. The lowest BCUT2D eigenvalue weighted by atomic mass is 9.92. The first-order valence-electron chi connectivity index (χ1n) is 7.17. The van der Waals surface area contributed by atoms with Gasteiger partial charge in [0.05, 0.1) is 12.7 Å². The summed E-state index contributed by atoms with van der Waals surface area (Å²) in [6, 6.07) is 5.07. The van der Waals surface area contributed by atoms with Crippen molar-refractivity contribution in [2.24, 2.45) is 11.1 Å². The average molecular weight is 313 g/mol. The Labute approximate surface area is 132 Å². The van der Waals surface area contributed by atoms with Crippen LogP contribution in [0.5, 0.6) is 5.75 Å². The van der Waals surface area contributed by atoms with Crippen molar-refractivity contribution < 1.29 is 9.53 Å². The van der Waals surface area contributed by atoms with Crippen LogP contribution in [0.2, 0.25) is 5.02 Å². The number of halogens is 1. The second-order valence-corrected chi connectivity index (χ2v) is 6.38. The van der Waals surface area contributed by atoms with Crippen LogP contribution < -0.4 is 10.5 Å². The molecular formula is C16H25ClN2O2. The minimum absolute atomic E-state index is 0.0492. The summed E-state index contributed by atoms with van der Waals surface area (Å²) in [6.07, 6.45) is 0.891. The lowest BCUT2D eigenvalue weighted by Gasteiger charge is -2.32. The van der Waals surface area contributed by atoms with Crippen LogP contribution in [0.3, 0.4) is 0 Å². The van der Waals surface area contributed by atoms with Gasteiger partial charge in [0.2, 0.25) is 0 Å². The van der Waals surface area contributed by atoms with Crippen molar-refractivity contribution in [3.05, 3.63) is 28.8 Å². The predicted octanol–water partition coefficient (Wildman–Crippen LogP) is 3.19. The molecule has 1 amide bonds. The molecule has 0 unspecified atom stereocenters. The Bertz CT molecular complexity index is 489. The molecule has 4 nitrogen and oxygen atoms in total. The van der Waals surface area contributed by atoms with Crippen molar-refractivity contribution in [1.82, 2.24) is 4.90 Å². The van der Waals surface area contributed by atoms with Gasteiger partial charge in [0, 0.05) is 18.1 Å². The van der Waals surface area contributed by atoms with Gasteiger partial charge in [-0.15, -0.1) is 0 Å². The van der Waals surface area contributed by atoms with Crippen LogP contribution in [0, 0.1) is 5.41 Å². The fourth-order valence-electron chi connectivity index (χ4n) is 2.12. The number of hydrogen-bond acceptors (Lipinski definition) is 3. The average Bonchev–Trinajstić information content (AvgIpc) is 2.45. The van der Waals surface area contributed by atoms with Crippen LogP contribution in [-0.4, -0.2) is 37.6 Å². The molecule has 21 heavy (non-hydrogen) atoms. The molecule has 5 heteroatoms. The quantitative estimate of drug-likeness (QED) is 0.841. The molecule has 0 aromatic heterocycles. The molecular weight excluding hydrogens is 288 g/mol. The molecule has 118 valence electrons. The van der Waals surface area contributed by atoms with E-state index >= 15 is 0 Å². The van der Waals surface area contributed by atoms with Gasteiger partial charge < -0.3 is 15.4 Å². The summed E-state index contributed by atoms with van der Waals surface area (Å²) in [5, 5.41) is 0.549. The number of carbonyl (C=O) groups is 1. The number of methoxy groups -OCH3 is 1. The van der Waals surface area contributed by atoms with Gasteiger partial charge in [0.15, 0.2) is 0 Å². The maximum atomic E-state index is 12.8. The van der Waals surface area contributed by atoms with E-state index in [4.69, 9.17) is 22.1 Å². The monoisotopic (exact) mass is 312 g/mol. The zero-order chi connectivity index (χ0) is 16.0. The highest BCUT2D eigenvalue weighted by molar-refractivity contribution is 6.30. The van der Waals surface area contributed by atoms with E-state index in [2.05, 4.69) is 20.8 Å². The fourth-order valence-corrected chi connectivity index (χ4v) is 2.28. The Morgan fingerprint density at radius 3 is 2.62 bits per heavy atom. The zero-order valence-corrected chi connectivity index (χ0v) is 14.0. The molecule has 0 spiro atoms. The summed E-state index contributed by atoms with van der Waals surface area (Å²) in [4.78, 5) is 14.6. The number of amides is 1. The van der Waals surface area contributed by atoms with Gasteiger partial charge in [0.1, 0.15) is 5.75 Å². The standard InChI is InChI=1S/C16H25ClN2O2/c1-5-8-19(11-16(2,3)10-18)15(20)13-7-6-12(17)9-14(13)21-4/h6-7,9H,5,8,10-11,18H2,1-4H3. The maximum Gasteiger partial charge on any atom is 0.257 e. The smallest absolute Gasteiger partial charge is 0.257 e. The van der Waals surface area contributed by atoms with Gasteiger partial charge in [-0.2, -0.15) is 0 Å². The molecule has 1 aromatic carbocycles. The number of rotatable bonds is 7. The van der Waals surface area contributed by atoms with Crippen molar-refractivity contribution in [3.63, 3.8) is 0 Å². The van der Waals surface area contributed by atoms with E-state index in [9.17, 15) is 4.79 Å². The van der Waals surface area contributed by atoms with Crippen LogP contribution in [-0.2, 0) is 0 Å². The molecule has 1 aromatic rings. The van der Waals surface area contributed by atoms with E-state index in [0.717, 1.165) is 6.42 Å². The second kappa shape index (κ2) is 7.66. The highest BCUT2D eigenvalue weighted by Crippen LogP contribution is 2.26. The van der Waals surface area contributed by atoms with Gasteiger partial charge in [-0.1, -0.05) is 32.4 Å². The van der Waals surface area contributed by atoms with Crippen molar-refractivity contribution >= 4 is 17.5 Å². The molecule has 2 N–H and O–H groups in total. The lowest BCUT2D eigenvalue weighted by Crippen LogP contribution is -2.42. The second-order valence-electron chi connectivity index (χ2n) is 5.94. The minimum Gasteiger partial charge on any atom is -0.496 e. The van der Waals surface area contributed by atoms with E-state index in [1.165, 1.54) is 7.11 Å². The van der Waals surface area contributed by atoms with E-state index in [-0.39, 0.29) is 11.3 Å². The normalized spacial score (nSPS) is 11.3. The largest absolute Gasteiger partial charge is 0.496 e. The summed E-state index contributed by atoms with van der Waals surface area (Å²) in [6.45, 7) is 7.99. The third-order valence-electron chi connectivity index (χ3n) is 3.35. The SMILES string of the molecule is CCCN(CC(C)(C)CN)C(=O)c1ccc(Cl)cc1OC. The Morgan fingerprint density at radius 1 is 1.43 bits per heavy atom. The Hall–Kier alpha value is -1.26. The number of hydrogen-bond donors (Lipinski definition) is 1. The summed E-state index contributed by atoms with van der Waals surface area (Å²) >= 11 is 5.95. The van der Waals surface area contributed by atoms with Crippen LogP contribution in [0.4, 0.5) is 0 Å². The van der Waals surface area contributed by atoms with Crippen molar-refractivity contribution in [1.29, 1.82) is 0 Å². The van der Waals surface area contributed by atoms with Crippen LogP contribution in [0.15, 0.2) is 18.2 Å². The van der Waals surface area contributed by atoms with Gasteiger partial charge in [-0.05, 0) is 36.6 Å². The Balaban J connectivity index is 3.06. The summed E-state index contributed by atoms with van der Waals surface area (Å²) < 4.78 is 5.28. The molecule has 0 aliphatic heterocycles. The van der Waals surface area contributed by atoms with Gasteiger partial charge in [-0.25, -0.2) is 0 Å². The van der Waals surface area contributed by atoms with Crippen molar-refractivity contribution in [3.8, 4) is 5.75 Å². The first-order valence-corrected chi connectivity index (χ1v) is 7.55. The molecule has 0 heterocycles. The third-order valence-corrected chi connectivity index (χ3v) is 3.58. The molecule has 0 bridgehead atoms. The van der Waals surface area contributed by atoms with Crippen LogP contribution in [0.25, 0.3) is 0 Å². The molecule has 0 radical (unpaired) electrons. The van der Waals surface area contributed by atoms with Crippen LogP contribution >= 0.6 is 11.6 Å².